The maximum atomic E-state index is 12.6. The molecule has 3 aromatic rings. The first-order valence-electron chi connectivity index (χ1n) is 10.0. The van der Waals surface area contributed by atoms with E-state index in [9.17, 15) is 9.59 Å². The summed E-state index contributed by atoms with van der Waals surface area (Å²) < 4.78 is 5.97. The molecule has 4 heteroatoms. The molecular weight excluding hydrogens is 362 g/mol. The van der Waals surface area contributed by atoms with Gasteiger partial charge in [-0.2, -0.15) is 0 Å². The van der Waals surface area contributed by atoms with Crippen LogP contribution in [-0.4, -0.2) is 25.3 Å². The highest BCUT2D eigenvalue weighted by atomic mass is 16.5. The molecule has 0 aliphatic rings. The molecular formula is C25H29NO3. The van der Waals surface area contributed by atoms with Gasteiger partial charge in [0.25, 0.3) is 0 Å². The molecule has 0 spiro atoms. The molecule has 0 saturated heterocycles. The standard InChI is InChI=1S/C25H29NO3/c1-16-12-20-13-18-8-6-7-9-19(18)14-21(20)24(29-22(28)10-11-26-5)23(16)25(3,4)15-17(2)27/h6-9,12-14,26H,10-11,15H2,1-5H3. The number of carbonyl (C=O) groups excluding carboxylic acids is 2. The lowest BCUT2D eigenvalue weighted by Gasteiger charge is -2.29. The zero-order valence-electron chi connectivity index (χ0n) is 17.9. The Hall–Kier alpha value is -2.72. The summed E-state index contributed by atoms with van der Waals surface area (Å²) in [4.78, 5) is 24.5. The minimum absolute atomic E-state index is 0.112. The Morgan fingerprint density at radius 1 is 1.03 bits per heavy atom. The van der Waals surface area contributed by atoms with Gasteiger partial charge in [0.2, 0.25) is 0 Å². The summed E-state index contributed by atoms with van der Waals surface area (Å²) in [5, 5.41) is 7.14. The van der Waals surface area contributed by atoms with E-state index in [0.717, 1.165) is 32.7 Å². The van der Waals surface area contributed by atoms with E-state index in [1.54, 1.807) is 6.92 Å². The number of carbonyl (C=O) groups is 2. The Kier molecular flexibility index (Phi) is 6.04. The maximum Gasteiger partial charge on any atom is 0.312 e. The number of aryl methyl sites for hydroxylation is 1. The molecule has 3 aromatic carbocycles. The molecule has 1 N–H and O–H groups in total. The quantitative estimate of drug-likeness (QED) is 0.347. The molecule has 29 heavy (non-hydrogen) atoms. The lowest BCUT2D eigenvalue weighted by molar-refractivity contribution is -0.134. The van der Waals surface area contributed by atoms with Crippen molar-refractivity contribution in [2.75, 3.05) is 13.6 Å². The Labute approximate surface area is 172 Å². The SMILES string of the molecule is CNCCC(=O)Oc1c(C(C)(C)CC(C)=O)c(C)cc2cc3ccccc3cc12. The number of esters is 1. The zero-order valence-corrected chi connectivity index (χ0v) is 17.9. The van der Waals surface area contributed by atoms with Crippen molar-refractivity contribution in [3.8, 4) is 5.75 Å². The molecule has 152 valence electrons. The second kappa shape index (κ2) is 8.34. The fourth-order valence-corrected chi connectivity index (χ4v) is 4.24. The van der Waals surface area contributed by atoms with E-state index in [1.165, 1.54) is 0 Å². The van der Waals surface area contributed by atoms with Crippen LogP contribution in [0.15, 0.2) is 42.5 Å². The van der Waals surface area contributed by atoms with Crippen LogP contribution in [0.3, 0.4) is 0 Å². The third-order valence-electron chi connectivity index (χ3n) is 5.32. The van der Waals surface area contributed by atoms with Gasteiger partial charge in [-0.3, -0.25) is 9.59 Å². The number of benzene rings is 3. The highest BCUT2D eigenvalue weighted by molar-refractivity contribution is 6.03. The van der Waals surface area contributed by atoms with Crippen LogP contribution in [0.2, 0.25) is 0 Å². The summed E-state index contributed by atoms with van der Waals surface area (Å²) in [6, 6.07) is 14.5. The van der Waals surface area contributed by atoms with Crippen molar-refractivity contribution in [1.29, 1.82) is 0 Å². The van der Waals surface area contributed by atoms with Gasteiger partial charge < -0.3 is 10.1 Å². The summed E-state index contributed by atoms with van der Waals surface area (Å²) in [6.45, 7) is 8.25. The fraction of sp³-hybridized carbons (Fsp3) is 0.360. The first-order valence-corrected chi connectivity index (χ1v) is 10.0. The molecule has 0 heterocycles. The molecule has 3 rings (SSSR count). The van der Waals surface area contributed by atoms with Crippen molar-refractivity contribution in [2.24, 2.45) is 0 Å². The Morgan fingerprint density at radius 3 is 2.31 bits per heavy atom. The van der Waals surface area contributed by atoms with Gasteiger partial charge in [-0.15, -0.1) is 0 Å². The van der Waals surface area contributed by atoms with Crippen LogP contribution in [-0.2, 0) is 15.0 Å². The van der Waals surface area contributed by atoms with E-state index in [2.05, 4.69) is 35.6 Å². The van der Waals surface area contributed by atoms with Crippen LogP contribution in [0.25, 0.3) is 21.5 Å². The molecule has 0 amide bonds. The third kappa shape index (κ3) is 4.48. The van der Waals surface area contributed by atoms with Crippen LogP contribution in [0.5, 0.6) is 5.75 Å². The van der Waals surface area contributed by atoms with Gasteiger partial charge in [-0.05, 0) is 54.8 Å². The second-order valence-corrected chi connectivity index (χ2v) is 8.41. The number of ketones is 1. The molecule has 0 atom stereocenters. The van der Waals surface area contributed by atoms with Crippen molar-refractivity contribution in [3.05, 3.63) is 53.6 Å². The number of nitrogens with one attached hydrogen (secondary N) is 1. The van der Waals surface area contributed by atoms with E-state index in [4.69, 9.17) is 4.74 Å². The predicted octanol–water partition coefficient (Wildman–Crippen LogP) is 5.07. The van der Waals surface area contributed by atoms with E-state index in [-0.39, 0.29) is 18.2 Å². The van der Waals surface area contributed by atoms with Crippen LogP contribution < -0.4 is 10.1 Å². The largest absolute Gasteiger partial charge is 0.425 e. The molecule has 0 saturated carbocycles. The molecule has 0 bridgehead atoms. The average Bonchev–Trinajstić information content (AvgIpc) is 2.63. The lowest BCUT2D eigenvalue weighted by Crippen LogP contribution is -2.25. The summed E-state index contributed by atoms with van der Waals surface area (Å²) >= 11 is 0. The number of ether oxygens (including phenoxy) is 1. The Bertz CT molecular complexity index is 1080. The minimum Gasteiger partial charge on any atom is -0.425 e. The zero-order chi connectivity index (χ0) is 21.2. The van der Waals surface area contributed by atoms with Crippen molar-refractivity contribution >= 4 is 33.3 Å². The number of hydrogen-bond donors (Lipinski definition) is 1. The maximum absolute atomic E-state index is 12.6. The van der Waals surface area contributed by atoms with Crippen molar-refractivity contribution < 1.29 is 14.3 Å². The molecule has 0 aromatic heterocycles. The molecule has 0 aliphatic carbocycles. The van der Waals surface area contributed by atoms with Gasteiger partial charge in [-0.1, -0.05) is 44.2 Å². The Balaban J connectivity index is 2.28. The van der Waals surface area contributed by atoms with E-state index >= 15 is 0 Å². The summed E-state index contributed by atoms with van der Waals surface area (Å²) in [5.74, 6) is 0.415. The molecule has 4 nitrogen and oxygen atoms in total. The van der Waals surface area contributed by atoms with Gasteiger partial charge >= 0.3 is 5.97 Å². The summed E-state index contributed by atoms with van der Waals surface area (Å²) in [6.07, 6.45) is 0.667. The third-order valence-corrected chi connectivity index (χ3v) is 5.32. The minimum atomic E-state index is -0.450. The fourth-order valence-electron chi connectivity index (χ4n) is 4.24. The Morgan fingerprint density at radius 2 is 1.69 bits per heavy atom. The van der Waals surface area contributed by atoms with Crippen LogP contribution in [0.1, 0.15) is 44.7 Å². The molecule has 0 fully saturated rings. The highest BCUT2D eigenvalue weighted by Crippen LogP contribution is 2.43. The van der Waals surface area contributed by atoms with Crippen molar-refractivity contribution in [1.82, 2.24) is 5.32 Å². The van der Waals surface area contributed by atoms with E-state index in [1.807, 2.05) is 40.0 Å². The van der Waals surface area contributed by atoms with E-state index in [0.29, 0.717) is 18.7 Å². The first-order chi connectivity index (χ1) is 13.7. The number of fused-ring (bicyclic) bond motifs is 2. The van der Waals surface area contributed by atoms with Gasteiger partial charge in [0.1, 0.15) is 11.5 Å². The summed E-state index contributed by atoms with van der Waals surface area (Å²) in [5.41, 5.74) is 1.50. The van der Waals surface area contributed by atoms with Crippen molar-refractivity contribution in [2.45, 2.75) is 46.0 Å². The average molecular weight is 392 g/mol. The van der Waals surface area contributed by atoms with Gasteiger partial charge in [0.05, 0.1) is 6.42 Å². The van der Waals surface area contributed by atoms with Crippen LogP contribution in [0.4, 0.5) is 0 Å². The van der Waals surface area contributed by atoms with Crippen LogP contribution >= 0.6 is 0 Å². The smallest absolute Gasteiger partial charge is 0.312 e. The first kappa shape index (κ1) is 21.0. The van der Waals surface area contributed by atoms with E-state index < -0.39 is 5.41 Å². The highest BCUT2D eigenvalue weighted by Gasteiger charge is 2.30. The number of rotatable bonds is 7. The lowest BCUT2D eigenvalue weighted by atomic mass is 9.76. The van der Waals surface area contributed by atoms with Crippen molar-refractivity contribution in [3.63, 3.8) is 0 Å². The van der Waals surface area contributed by atoms with Crippen LogP contribution in [0, 0.1) is 6.92 Å². The summed E-state index contributed by atoms with van der Waals surface area (Å²) in [7, 11) is 1.81. The predicted molar refractivity (Wildman–Crippen MR) is 119 cm³/mol. The second-order valence-electron chi connectivity index (χ2n) is 8.41. The number of hydrogen-bond acceptors (Lipinski definition) is 4. The normalized spacial score (nSPS) is 11.8. The van der Waals surface area contributed by atoms with Gasteiger partial charge in [0.15, 0.2) is 0 Å². The monoisotopic (exact) mass is 391 g/mol. The molecule has 0 aliphatic heterocycles. The topological polar surface area (TPSA) is 55.4 Å². The van der Waals surface area contributed by atoms with Gasteiger partial charge in [0, 0.05) is 29.3 Å². The molecule has 0 radical (unpaired) electrons. The molecule has 0 unspecified atom stereocenters. The van der Waals surface area contributed by atoms with Gasteiger partial charge in [-0.25, -0.2) is 0 Å². The number of Topliss-reactive ketones (excluding diaryl/α,β-unsaturated/α-hetero) is 1.